The lowest BCUT2D eigenvalue weighted by Gasteiger charge is -2.26. The number of aromatic nitrogens is 2. The molecule has 0 radical (unpaired) electrons. The minimum atomic E-state index is -0.0970. The number of hydrogen-bond acceptors (Lipinski definition) is 5. The van der Waals surface area contributed by atoms with Gasteiger partial charge in [-0.1, -0.05) is 26.2 Å². The van der Waals surface area contributed by atoms with Crippen molar-refractivity contribution in [3.8, 4) is 0 Å². The molecule has 2 aliphatic rings. The van der Waals surface area contributed by atoms with Crippen LogP contribution in [0.1, 0.15) is 61.9 Å². The predicted octanol–water partition coefficient (Wildman–Crippen LogP) is 3.06. The molecule has 6 nitrogen and oxygen atoms in total. The summed E-state index contributed by atoms with van der Waals surface area (Å²) in [5.74, 6) is 0. The first-order valence-corrected chi connectivity index (χ1v) is 12.0. The lowest BCUT2D eigenvalue weighted by atomic mass is 9.95. The third-order valence-electron chi connectivity index (χ3n) is 6.48. The van der Waals surface area contributed by atoms with Crippen LogP contribution in [0.5, 0.6) is 0 Å². The molecule has 160 valence electrons. The zero-order valence-corrected chi connectivity index (χ0v) is 18.9. The van der Waals surface area contributed by atoms with Gasteiger partial charge in [0.05, 0.1) is 5.39 Å². The lowest BCUT2D eigenvalue weighted by molar-refractivity contribution is 0.258. The quantitative estimate of drug-likeness (QED) is 0.724. The zero-order chi connectivity index (χ0) is 20.5. The van der Waals surface area contributed by atoms with Gasteiger partial charge in [0.1, 0.15) is 4.83 Å². The van der Waals surface area contributed by atoms with Crippen molar-refractivity contribution >= 4 is 21.6 Å². The van der Waals surface area contributed by atoms with Gasteiger partial charge in [0.25, 0.3) is 5.56 Å². The van der Waals surface area contributed by atoms with Crippen molar-refractivity contribution in [2.24, 2.45) is 0 Å². The highest BCUT2D eigenvalue weighted by molar-refractivity contribution is 7.18. The van der Waals surface area contributed by atoms with Gasteiger partial charge in [-0.05, 0) is 51.9 Å². The van der Waals surface area contributed by atoms with Gasteiger partial charge in [-0.3, -0.25) is 18.8 Å². The second-order valence-electron chi connectivity index (χ2n) is 8.91. The van der Waals surface area contributed by atoms with Crippen LogP contribution < -0.4 is 11.2 Å². The van der Waals surface area contributed by atoms with Crippen molar-refractivity contribution in [3.05, 3.63) is 31.3 Å². The van der Waals surface area contributed by atoms with E-state index in [1.54, 1.807) is 15.9 Å². The Kier molecular flexibility index (Phi) is 6.27. The zero-order valence-electron chi connectivity index (χ0n) is 18.1. The molecule has 0 aromatic carbocycles. The van der Waals surface area contributed by atoms with Gasteiger partial charge in [-0.2, -0.15) is 0 Å². The van der Waals surface area contributed by atoms with Gasteiger partial charge in [0.15, 0.2) is 0 Å². The van der Waals surface area contributed by atoms with E-state index in [2.05, 4.69) is 16.7 Å². The monoisotopic (exact) mass is 418 g/mol. The van der Waals surface area contributed by atoms with Crippen LogP contribution in [0, 0.1) is 0 Å². The van der Waals surface area contributed by atoms with Gasteiger partial charge >= 0.3 is 5.69 Å². The fraction of sp³-hybridized carbons (Fsp3) is 0.727. The van der Waals surface area contributed by atoms with Crippen molar-refractivity contribution in [1.29, 1.82) is 0 Å². The van der Waals surface area contributed by atoms with Crippen molar-refractivity contribution in [2.45, 2.75) is 71.0 Å². The molecule has 7 heteroatoms. The number of thiophene rings is 1. The molecule has 2 aromatic heterocycles. The summed E-state index contributed by atoms with van der Waals surface area (Å²) in [4.78, 5) is 33.9. The minimum absolute atomic E-state index is 0.0283. The van der Waals surface area contributed by atoms with Crippen LogP contribution in [0.3, 0.4) is 0 Å². The van der Waals surface area contributed by atoms with Gasteiger partial charge in [-0.15, -0.1) is 11.3 Å². The third-order valence-corrected chi connectivity index (χ3v) is 7.72. The lowest BCUT2D eigenvalue weighted by Crippen LogP contribution is -2.43. The van der Waals surface area contributed by atoms with E-state index in [0.29, 0.717) is 6.54 Å². The molecule has 3 heterocycles. The molecule has 1 aliphatic carbocycles. The normalized spacial score (nSPS) is 18.6. The van der Waals surface area contributed by atoms with E-state index in [9.17, 15) is 9.59 Å². The average molecular weight is 419 g/mol. The Bertz CT molecular complexity index is 981. The molecule has 0 spiro atoms. The van der Waals surface area contributed by atoms with E-state index >= 15 is 0 Å². The molecule has 29 heavy (non-hydrogen) atoms. The van der Waals surface area contributed by atoms with Crippen LogP contribution in [0.4, 0.5) is 0 Å². The van der Waals surface area contributed by atoms with Crippen molar-refractivity contribution in [2.75, 3.05) is 33.7 Å². The molecule has 0 saturated heterocycles. The number of nitrogens with zero attached hydrogens (tertiary/aromatic N) is 4. The molecular weight excluding hydrogens is 384 g/mol. The summed E-state index contributed by atoms with van der Waals surface area (Å²) >= 11 is 1.68. The van der Waals surface area contributed by atoms with E-state index in [0.717, 1.165) is 74.9 Å². The summed E-state index contributed by atoms with van der Waals surface area (Å²) in [7, 11) is 4.06. The molecule has 4 rings (SSSR count). The molecule has 1 aliphatic heterocycles. The van der Waals surface area contributed by atoms with Crippen molar-refractivity contribution in [3.63, 3.8) is 0 Å². The fourth-order valence-corrected chi connectivity index (χ4v) is 6.34. The highest BCUT2D eigenvalue weighted by Crippen LogP contribution is 2.34. The molecule has 0 bridgehead atoms. The number of hydrogen-bond donors (Lipinski definition) is 0. The number of fused-ring (bicyclic) bond motifs is 3. The maximum atomic E-state index is 13.6. The molecule has 0 N–H and O–H groups in total. The molecule has 2 aromatic rings. The van der Waals surface area contributed by atoms with E-state index in [4.69, 9.17) is 0 Å². The Morgan fingerprint density at radius 2 is 1.86 bits per heavy atom. The first-order valence-electron chi connectivity index (χ1n) is 11.2. The summed E-state index contributed by atoms with van der Waals surface area (Å²) in [6, 6.07) is 0.0643. The van der Waals surface area contributed by atoms with Gasteiger partial charge in [0, 0.05) is 37.1 Å². The largest absolute Gasteiger partial charge is 0.332 e. The Labute approximate surface area is 176 Å². The van der Waals surface area contributed by atoms with Crippen molar-refractivity contribution < 1.29 is 0 Å². The van der Waals surface area contributed by atoms with E-state index in [-0.39, 0.29) is 17.3 Å². The Hall–Kier alpha value is -1.44. The van der Waals surface area contributed by atoms with Crippen LogP contribution in [-0.4, -0.2) is 52.7 Å². The first-order chi connectivity index (χ1) is 14.0. The molecule has 1 fully saturated rings. The summed E-state index contributed by atoms with van der Waals surface area (Å²) in [5, 5.41) is 0.838. The Balaban J connectivity index is 1.88. The Morgan fingerprint density at radius 1 is 1.10 bits per heavy atom. The molecular formula is C22H34N4O2S. The third kappa shape index (κ3) is 3.97. The van der Waals surface area contributed by atoms with Crippen molar-refractivity contribution in [1.82, 2.24) is 18.9 Å². The first kappa shape index (κ1) is 20.8. The van der Waals surface area contributed by atoms with Crippen LogP contribution in [-0.2, 0) is 19.5 Å². The fourth-order valence-electron chi connectivity index (χ4n) is 4.94. The maximum Gasteiger partial charge on any atom is 0.332 e. The van der Waals surface area contributed by atoms with Crippen LogP contribution in [0.25, 0.3) is 10.2 Å². The van der Waals surface area contributed by atoms with Crippen LogP contribution in [0.2, 0.25) is 0 Å². The minimum Gasteiger partial charge on any atom is -0.308 e. The molecule has 0 amide bonds. The summed E-state index contributed by atoms with van der Waals surface area (Å²) in [6.45, 7) is 6.64. The molecule has 0 atom stereocenters. The van der Waals surface area contributed by atoms with E-state index in [1.165, 1.54) is 16.9 Å². The maximum absolute atomic E-state index is 13.6. The number of likely N-dealkylation sites (N-methyl/N-ethyl adjacent to an activating group) is 1. The van der Waals surface area contributed by atoms with Crippen LogP contribution >= 0.6 is 11.3 Å². The summed E-state index contributed by atoms with van der Waals surface area (Å²) < 4.78 is 3.53. The highest BCUT2D eigenvalue weighted by atomic mass is 32.1. The standard InChI is InChI=1S/C22H34N4O2S/c1-4-11-24-12-10-17-18(15-24)29-21-19(17)20(27)26(16-8-6-5-7-9-16)22(28)25(21)14-13-23(2)3/h16H,4-15H2,1-3H3. The summed E-state index contributed by atoms with van der Waals surface area (Å²) in [5.41, 5.74) is 1.09. The van der Waals surface area contributed by atoms with Crippen LogP contribution in [0.15, 0.2) is 9.59 Å². The average Bonchev–Trinajstić information content (AvgIpc) is 3.07. The number of rotatable bonds is 6. The van der Waals surface area contributed by atoms with Gasteiger partial charge < -0.3 is 4.90 Å². The second kappa shape index (κ2) is 8.74. The van der Waals surface area contributed by atoms with E-state index in [1.807, 2.05) is 18.7 Å². The summed E-state index contributed by atoms with van der Waals surface area (Å²) in [6.07, 6.45) is 7.39. The molecule has 1 saturated carbocycles. The van der Waals surface area contributed by atoms with Gasteiger partial charge in [-0.25, -0.2) is 4.79 Å². The highest BCUT2D eigenvalue weighted by Gasteiger charge is 2.28. The Morgan fingerprint density at radius 3 is 2.55 bits per heavy atom. The predicted molar refractivity (Wildman–Crippen MR) is 120 cm³/mol. The molecule has 0 unspecified atom stereocenters. The second-order valence-corrected chi connectivity index (χ2v) is 10.00. The topological polar surface area (TPSA) is 50.5 Å². The SMILES string of the molecule is CCCN1CCc2c(sc3c2c(=O)n(C2CCCCC2)c(=O)n3CCN(C)C)C1. The van der Waals surface area contributed by atoms with Gasteiger partial charge in [0.2, 0.25) is 0 Å². The smallest absolute Gasteiger partial charge is 0.308 e. The van der Waals surface area contributed by atoms with E-state index < -0.39 is 0 Å².